The van der Waals surface area contributed by atoms with E-state index in [0.717, 1.165) is 0 Å². The molecule has 0 aliphatic rings. The number of hydrogen-bond donors (Lipinski definition) is 2. The first-order valence-electron chi connectivity index (χ1n) is 3.95. The van der Waals surface area contributed by atoms with Gasteiger partial charge in [0.25, 0.3) is 5.91 Å². The van der Waals surface area contributed by atoms with Crippen LogP contribution in [0.1, 0.15) is 20.7 Å². The molecular weight excluding hydrogens is 182 g/mol. The molecule has 0 fully saturated rings. The van der Waals surface area contributed by atoms with Crippen LogP contribution in [0.4, 0.5) is 0 Å². The number of aldehydes is 1. The van der Waals surface area contributed by atoms with E-state index in [1.807, 2.05) is 0 Å². The number of benzene rings is 1. The van der Waals surface area contributed by atoms with Gasteiger partial charge in [-0.25, -0.2) is 4.98 Å². The number of nitrogens with one attached hydrogen (secondary N) is 1. The van der Waals surface area contributed by atoms with Gasteiger partial charge in [0.15, 0.2) is 6.29 Å². The number of fused-ring (bicyclic) bond motifs is 1. The highest BCUT2D eigenvalue weighted by Crippen LogP contribution is 2.17. The van der Waals surface area contributed by atoms with Crippen LogP contribution in [0.15, 0.2) is 18.5 Å². The number of rotatable bonds is 2. The first-order valence-corrected chi connectivity index (χ1v) is 3.95. The summed E-state index contributed by atoms with van der Waals surface area (Å²) in [5.41, 5.74) is 6.90. The second-order valence-corrected chi connectivity index (χ2v) is 2.81. The number of amides is 1. The molecule has 0 saturated carbocycles. The van der Waals surface area contributed by atoms with Gasteiger partial charge in [0.2, 0.25) is 0 Å². The van der Waals surface area contributed by atoms with E-state index in [2.05, 4.69) is 9.97 Å². The second kappa shape index (κ2) is 2.95. The lowest BCUT2D eigenvalue weighted by Gasteiger charge is -1.98. The minimum Gasteiger partial charge on any atom is -0.366 e. The topological polar surface area (TPSA) is 88.8 Å². The Morgan fingerprint density at radius 2 is 2.29 bits per heavy atom. The van der Waals surface area contributed by atoms with Crippen molar-refractivity contribution in [2.75, 3.05) is 0 Å². The minimum atomic E-state index is -0.545. The summed E-state index contributed by atoms with van der Waals surface area (Å²) in [6.07, 6.45) is 2.11. The zero-order valence-electron chi connectivity index (χ0n) is 7.15. The standard InChI is InChI=1S/C9H7N3O2/c10-9(14)6-2-1-5(3-13)7-8(6)12-4-11-7/h1-4H,(H2,10,14)(H,11,12). The van der Waals surface area contributed by atoms with E-state index in [-0.39, 0.29) is 0 Å². The number of aromatic nitrogens is 2. The van der Waals surface area contributed by atoms with E-state index in [1.165, 1.54) is 18.5 Å². The summed E-state index contributed by atoms with van der Waals surface area (Å²) in [4.78, 5) is 28.3. The van der Waals surface area contributed by atoms with Gasteiger partial charge in [0.1, 0.15) is 0 Å². The van der Waals surface area contributed by atoms with Crippen molar-refractivity contribution < 1.29 is 9.59 Å². The Balaban J connectivity index is 2.84. The molecule has 14 heavy (non-hydrogen) atoms. The van der Waals surface area contributed by atoms with E-state index >= 15 is 0 Å². The molecular formula is C9H7N3O2. The van der Waals surface area contributed by atoms with Gasteiger partial charge in [-0.1, -0.05) is 0 Å². The summed E-state index contributed by atoms with van der Waals surface area (Å²) in [6.45, 7) is 0. The Morgan fingerprint density at radius 3 is 2.93 bits per heavy atom. The van der Waals surface area contributed by atoms with Crippen molar-refractivity contribution in [3.8, 4) is 0 Å². The Hall–Kier alpha value is -2.17. The van der Waals surface area contributed by atoms with Crippen LogP contribution in [0.5, 0.6) is 0 Å². The van der Waals surface area contributed by atoms with Gasteiger partial charge in [-0.05, 0) is 12.1 Å². The summed E-state index contributed by atoms with van der Waals surface area (Å²) in [6, 6.07) is 3.03. The third-order valence-corrected chi connectivity index (χ3v) is 2.00. The Bertz CT molecular complexity index is 516. The maximum atomic E-state index is 11.0. The van der Waals surface area contributed by atoms with Gasteiger partial charge >= 0.3 is 0 Å². The van der Waals surface area contributed by atoms with Gasteiger partial charge in [0.05, 0.1) is 22.9 Å². The molecule has 1 heterocycles. The molecule has 1 amide bonds. The molecule has 1 aromatic carbocycles. The van der Waals surface area contributed by atoms with Crippen molar-refractivity contribution in [2.24, 2.45) is 5.73 Å². The molecule has 0 atom stereocenters. The zero-order valence-corrected chi connectivity index (χ0v) is 7.15. The van der Waals surface area contributed by atoms with Crippen LogP contribution >= 0.6 is 0 Å². The maximum Gasteiger partial charge on any atom is 0.250 e. The molecule has 0 unspecified atom stereocenters. The molecule has 0 bridgehead atoms. The van der Waals surface area contributed by atoms with Crippen molar-refractivity contribution in [1.29, 1.82) is 0 Å². The third kappa shape index (κ3) is 1.06. The highest BCUT2D eigenvalue weighted by atomic mass is 16.1. The van der Waals surface area contributed by atoms with Gasteiger partial charge < -0.3 is 10.7 Å². The van der Waals surface area contributed by atoms with Gasteiger partial charge in [-0.15, -0.1) is 0 Å². The van der Waals surface area contributed by atoms with Crippen LogP contribution in [0.25, 0.3) is 11.0 Å². The van der Waals surface area contributed by atoms with Gasteiger partial charge in [-0.3, -0.25) is 9.59 Å². The summed E-state index contributed by atoms with van der Waals surface area (Å²) in [5.74, 6) is -0.545. The lowest BCUT2D eigenvalue weighted by atomic mass is 10.1. The monoisotopic (exact) mass is 189 g/mol. The molecule has 3 N–H and O–H groups in total. The van der Waals surface area contributed by atoms with Gasteiger partial charge in [-0.2, -0.15) is 0 Å². The predicted octanol–water partition coefficient (Wildman–Crippen LogP) is 0.474. The van der Waals surface area contributed by atoms with Crippen LogP contribution in [0.3, 0.4) is 0 Å². The fourth-order valence-electron chi connectivity index (χ4n) is 1.35. The molecule has 2 aromatic rings. The lowest BCUT2D eigenvalue weighted by Crippen LogP contribution is -2.11. The Kier molecular flexibility index (Phi) is 1.78. The molecule has 5 nitrogen and oxygen atoms in total. The van der Waals surface area contributed by atoms with Crippen LogP contribution in [-0.4, -0.2) is 22.2 Å². The minimum absolute atomic E-state index is 0.336. The SMILES string of the molecule is NC(=O)c1ccc(C=O)c2nc[nH]c12. The number of primary amides is 1. The first kappa shape index (κ1) is 8.43. The number of imidazole rings is 1. The van der Waals surface area contributed by atoms with Crippen molar-refractivity contribution in [2.45, 2.75) is 0 Å². The van der Waals surface area contributed by atoms with Crippen molar-refractivity contribution in [3.05, 3.63) is 29.6 Å². The van der Waals surface area contributed by atoms with Crippen molar-refractivity contribution >= 4 is 23.2 Å². The summed E-state index contributed by atoms with van der Waals surface area (Å²) in [5, 5.41) is 0. The number of nitrogens with two attached hydrogens (primary N) is 1. The van der Waals surface area contributed by atoms with Crippen LogP contribution in [-0.2, 0) is 0 Å². The van der Waals surface area contributed by atoms with E-state index in [9.17, 15) is 9.59 Å². The molecule has 0 spiro atoms. The number of nitrogens with zero attached hydrogens (tertiary/aromatic N) is 1. The van der Waals surface area contributed by atoms with Crippen molar-refractivity contribution in [1.82, 2.24) is 9.97 Å². The quantitative estimate of drug-likeness (QED) is 0.673. The number of hydrogen-bond acceptors (Lipinski definition) is 3. The molecule has 70 valence electrons. The highest BCUT2D eigenvalue weighted by Gasteiger charge is 2.11. The Morgan fingerprint density at radius 1 is 1.50 bits per heavy atom. The predicted molar refractivity (Wildman–Crippen MR) is 50.0 cm³/mol. The van der Waals surface area contributed by atoms with Crippen molar-refractivity contribution in [3.63, 3.8) is 0 Å². The molecule has 1 aromatic heterocycles. The smallest absolute Gasteiger partial charge is 0.250 e. The van der Waals surface area contributed by atoms with Crippen LogP contribution in [0.2, 0.25) is 0 Å². The van der Waals surface area contributed by atoms with E-state index in [4.69, 9.17) is 5.73 Å². The van der Waals surface area contributed by atoms with Crippen LogP contribution < -0.4 is 5.73 Å². The second-order valence-electron chi connectivity index (χ2n) is 2.81. The maximum absolute atomic E-state index is 11.0. The summed E-state index contributed by atoms with van der Waals surface area (Å²) >= 11 is 0. The third-order valence-electron chi connectivity index (χ3n) is 2.00. The van der Waals surface area contributed by atoms with E-state index < -0.39 is 5.91 Å². The van der Waals surface area contributed by atoms with E-state index in [0.29, 0.717) is 28.4 Å². The number of aromatic amines is 1. The molecule has 0 aliphatic carbocycles. The largest absolute Gasteiger partial charge is 0.366 e. The number of H-pyrrole nitrogens is 1. The lowest BCUT2D eigenvalue weighted by molar-refractivity contribution is 0.100. The molecule has 0 aliphatic heterocycles. The summed E-state index contributed by atoms with van der Waals surface area (Å²) < 4.78 is 0. The first-order chi connectivity index (χ1) is 6.74. The van der Waals surface area contributed by atoms with E-state index in [1.54, 1.807) is 0 Å². The number of carbonyl (C=O) groups excluding carboxylic acids is 2. The highest BCUT2D eigenvalue weighted by molar-refractivity contribution is 6.07. The normalized spacial score (nSPS) is 10.3. The molecule has 2 rings (SSSR count). The van der Waals surface area contributed by atoms with Gasteiger partial charge in [0, 0.05) is 5.56 Å². The molecule has 5 heteroatoms. The average molecular weight is 189 g/mol. The fourth-order valence-corrected chi connectivity index (χ4v) is 1.35. The fraction of sp³-hybridized carbons (Fsp3) is 0. The zero-order chi connectivity index (χ0) is 10.1. The number of carbonyl (C=O) groups is 2. The average Bonchev–Trinajstić information content (AvgIpc) is 2.64. The summed E-state index contributed by atoms with van der Waals surface area (Å²) in [7, 11) is 0. The molecule has 0 radical (unpaired) electrons. The molecule has 0 saturated heterocycles. The Labute approximate surface area is 78.9 Å². The van der Waals surface area contributed by atoms with Crippen LogP contribution in [0, 0.1) is 0 Å².